The summed E-state index contributed by atoms with van der Waals surface area (Å²) in [5.41, 5.74) is -0.618. The number of fused-ring (bicyclic) bond motifs is 4. The van der Waals surface area contributed by atoms with Crippen molar-refractivity contribution in [2.45, 2.75) is 34.7 Å². The van der Waals surface area contributed by atoms with Crippen molar-refractivity contribution in [1.29, 1.82) is 0 Å². The maximum Gasteiger partial charge on any atom is 0.352 e. The molecule has 2 fully saturated rings. The van der Waals surface area contributed by atoms with E-state index < -0.39 is 56.5 Å². The van der Waals surface area contributed by atoms with Crippen LogP contribution in [0.5, 0.6) is 5.75 Å². The molecule has 0 spiro atoms. The third-order valence-corrected chi connectivity index (χ3v) is 9.04. The number of likely N-dealkylation sites (tertiary alicyclic amines) is 1. The molecule has 1 aliphatic carbocycles. The number of phenols is 1. The van der Waals surface area contributed by atoms with Crippen LogP contribution in [0.2, 0.25) is 0 Å². The van der Waals surface area contributed by atoms with Crippen molar-refractivity contribution in [1.82, 2.24) is 18.8 Å². The van der Waals surface area contributed by atoms with Crippen LogP contribution < -0.4 is 11.4 Å². The number of rotatable bonds is 2. The van der Waals surface area contributed by atoms with Gasteiger partial charge in [-0.2, -0.15) is 0 Å². The Kier molecular flexibility index (Phi) is 4.93. The fourth-order valence-electron chi connectivity index (χ4n) is 5.91. The molecule has 0 bridgehead atoms. The number of para-hydroxylation sites is 2. The first kappa shape index (κ1) is 23.7. The van der Waals surface area contributed by atoms with E-state index in [1.807, 2.05) is 0 Å². The Labute approximate surface area is 218 Å². The van der Waals surface area contributed by atoms with E-state index in [1.165, 1.54) is 28.5 Å². The highest BCUT2D eigenvalue weighted by molar-refractivity contribution is 6.53. The molecule has 1 saturated heterocycles. The molecule has 2 amide bonds. The number of aromatic nitrogens is 3. The highest BCUT2D eigenvalue weighted by atomic mass is 35.5. The molecule has 0 unspecified atom stereocenters. The second-order valence-corrected chi connectivity index (χ2v) is 10.6. The number of nitrogens with zero attached hydrogens (tertiary/aromatic N) is 4. The van der Waals surface area contributed by atoms with E-state index in [-0.39, 0.29) is 18.5 Å². The van der Waals surface area contributed by atoms with Crippen LogP contribution in [0.3, 0.4) is 0 Å². The smallest absolute Gasteiger partial charge is 0.352 e. The molecule has 4 atom stereocenters. The molecule has 3 heterocycles. The lowest BCUT2D eigenvalue weighted by Crippen LogP contribution is -2.59. The van der Waals surface area contributed by atoms with Crippen LogP contribution >= 0.6 is 23.2 Å². The molecule has 2 aromatic carbocycles. The Hall–Kier alpha value is -3.63. The first-order valence-corrected chi connectivity index (χ1v) is 12.2. The van der Waals surface area contributed by atoms with Gasteiger partial charge in [0.25, 0.3) is 11.8 Å². The molecule has 3 aromatic rings. The summed E-state index contributed by atoms with van der Waals surface area (Å²) in [5.74, 6) is -4.58. The summed E-state index contributed by atoms with van der Waals surface area (Å²) in [6.45, 7) is -0.0629. The largest absolute Gasteiger partial charge is 0.505 e. The van der Waals surface area contributed by atoms with E-state index in [0.29, 0.717) is 11.3 Å². The fourth-order valence-corrected chi connectivity index (χ4v) is 6.91. The average Bonchev–Trinajstić information content (AvgIpc) is 3.21. The van der Waals surface area contributed by atoms with Gasteiger partial charge in [0.05, 0.1) is 18.3 Å². The minimum absolute atomic E-state index is 0.0567. The van der Waals surface area contributed by atoms with Gasteiger partial charge < -0.3 is 5.11 Å². The SMILES string of the molecule is CN1C(=O)[C@]2(Cl)C[C@@H]3C(=CCn4c(=O)n(-c5ccccc5)c(=O)n43)[C@H](c3cccc(F)c3O)[C@]2(Cl)C1=O. The van der Waals surface area contributed by atoms with Gasteiger partial charge in [-0.15, -0.1) is 23.2 Å². The molecule has 2 aliphatic heterocycles. The second kappa shape index (κ2) is 7.69. The minimum Gasteiger partial charge on any atom is -0.505 e. The predicted molar refractivity (Wildman–Crippen MR) is 132 cm³/mol. The van der Waals surface area contributed by atoms with Crippen LogP contribution in [-0.4, -0.2) is 52.5 Å². The fraction of sp³-hybridized carbons (Fsp3) is 0.280. The normalized spacial score (nSPS) is 28.5. The van der Waals surface area contributed by atoms with Gasteiger partial charge in [0, 0.05) is 24.9 Å². The van der Waals surface area contributed by atoms with Gasteiger partial charge in [0.1, 0.15) is 0 Å². The maximum atomic E-state index is 14.5. The molecule has 12 heteroatoms. The first-order chi connectivity index (χ1) is 17.5. The molecule has 1 saturated carbocycles. The Morgan fingerprint density at radius 2 is 1.68 bits per heavy atom. The van der Waals surface area contributed by atoms with E-state index in [4.69, 9.17) is 23.2 Å². The number of alkyl halides is 2. The minimum atomic E-state index is -2.12. The van der Waals surface area contributed by atoms with Crippen LogP contribution in [0.4, 0.5) is 4.39 Å². The van der Waals surface area contributed by atoms with E-state index in [0.717, 1.165) is 15.5 Å². The standard InChI is InChI=1S/C25H19Cl2FN4O5/c1-29-20(34)24(26)12-17-14(18(25(24,27)21(29)35)15-8-5-9-16(28)19(15)33)10-11-30-22(36)31(23(37)32(17)30)13-6-3-2-4-7-13/h2-10,17-18,33H,11-12H2,1H3/t17-,18-,24-,25+/m1/s1. The number of halogens is 3. The third kappa shape index (κ3) is 2.79. The van der Waals surface area contributed by atoms with E-state index in [9.17, 15) is 28.7 Å². The van der Waals surface area contributed by atoms with Crippen molar-refractivity contribution in [2.75, 3.05) is 7.05 Å². The van der Waals surface area contributed by atoms with Crippen LogP contribution in [-0.2, 0) is 16.1 Å². The van der Waals surface area contributed by atoms with Crippen molar-refractivity contribution in [3.05, 3.63) is 92.5 Å². The summed E-state index contributed by atoms with van der Waals surface area (Å²) in [6.07, 6.45) is 1.33. The summed E-state index contributed by atoms with van der Waals surface area (Å²) < 4.78 is 17.9. The van der Waals surface area contributed by atoms with Gasteiger partial charge in [0.2, 0.25) is 0 Å². The van der Waals surface area contributed by atoms with Crippen molar-refractivity contribution in [3.8, 4) is 11.4 Å². The van der Waals surface area contributed by atoms with Crippen molar-refractivity contribution >= 4 is 35.0 Å². The second-order valence-electron chi connectivity index (χ2n) is 9.38. The van der Waals surface area contributed by atoms with Gasteiger partial charge in [-0.3, -0.25) is 14.5 Å². The number of allylic oxidation sites excluding steroid dienone is 2. The lowest BCUT2D eigenvalue weighted by Gasteiger charge is -2.49. The Morgan fingerprint density at radius 1 is 0.973 bits per heavy atom. The predicted octanol–water partition coefficient (Wildman–Crippen LogP) is 2.27. The number of carbonyl (C=O) groups is 2. The molecular weight excluding hydrogens is 526 g/mol. The number of phenolic OH excluding ortho intramolecular Hbond substituents is 1. The number of hydrogen-bond donors (Lipinski definition) is 1. The Bertz CT molecular complexity index is 1660. The lowest BCUT2D eigenvalue weighted by molar-refractivity contribution is -0.137. The van der Waals surface area contributed by atoms with Crippen LogP contribution in [0, 0.1) is 5.82 Å². The van der Waals surface area contributed by atoms with Crippen LogP contribution in [0.1, 0.15) is 23.9 Å². The average molecular weight is 545 g/mol. The van der Waals surface area contributed by atoms with E-state index in [1.54, 1.807) is 36.4 Å². The first-order valence-electron chi connectivity index (χ1n) is 11.4. The quantitative estimate of drug-likeness (QED) is 0.302. The molecule has 9 nitrogen and oxygen atoms in total. The molecule has 1 aromatic heterocycles. The van der Waals surface area contributed by atoms with Gasteiger partial charge in [-0.05, 0) is 23.8 Å². The number of hydrogen-bond acceptors (Lipinski definition) is 5. The Morgan fingerprint density at radius 3 is 2.38 bits per heavy atom. The summed E-state index contributed by atoms with van der Waals surface area (Å²) in [5, 5.41) is 10.7. The van der Waals surface area contributed by atoms with E-state index in [2.05, 4.69) is 0 Å². The van der Waals surface area contributed by atoms with Gasteiger partial charge >= 0.3 is 11.4 Å². The summed E-state index contributed by atoms with van der Waals surface area (Å²) >= 11 is 14.0. The zero-order chi connectivity index (χ0) is 26.4. The highest BCUT2D eigenvalue weighted by Crippen LogP contribution is 2.64. The highest BCUT2D eigenvalue weighted by Gasteiger charge is 2.75. The molecular formula is C25H19Cl2FN4O5. The molecule has 6 rings (SSSR count). The summed E-state index contributed by atoms with van der Waals surface area (Å²) in [4.78, 5) is 50.4. The number of imide groups is 1. The number of carbonyl (C=O) groups excluding carboxylic acids is 2. The zero-order valence-corrected chi connectivity index (χ0v) is 20.8. The molecule has 0 radical (unpaired) electrons. The van der Waals surface area contributed by atoms with Crippen molar-refractivity contribution in [2.24, 2.45) is 0 Å². The zero-order valence-electron chi connectivity index (χ0n) is 19.3. The van der Waals surface area contributed by atoms with Crippen molar-refractivity contribution in [3.63, 3.8) is 0 Å². The maximum absolute atomic E-state index is 14.5. The lowest BCUT2D eigenvalue weighted by atomic mass is 9.64. The van der Waals surface area contributed by atoms with Gasteiger partial charge in [-0.1, -0.05) is 36.4 Å². The molecule has 3 aliphatic rings. The number of amides is 2. The van der Waals surface area contributed by atoms with Crippen LogP contribution in [0.25, 0.3) is 5.69 Å². The van der Waals surface area contributed by atoms with Gasteiger partial charge in [-0.25, -0.2) is 27.9 Å². The van der Waals surface area contributed by atoms with Crippen molar-refractivity contribution < 1.29 is 19.1 Å². The number of aromatic hydroxyl groups is 1. The summed E-state index contributed by atoms with van der Waals surface area (Å²) in [6, 6.07) is 11.1. The van der Waals surface area contributed by atoms with Gasteiger partial charge in [0.15, 0.2) is 21.3 Å². The van der Waals surface area contributed by atoms with Crippen LogP contribution in [0.15, 0.2) is 69.8 Å². The molecule has 37 heavy (non-hydrogen) atoms. The topological polar surface area (TPSA) is 107 Å². The number of benzene rings is 2. The molecule has 190 valence electrons. The summed E-state index contributed by atoms with van der Waals surface area (Å²) in [7, 11) is 1.24. The Balaban J connectivity index is 1.64. The molecule has 1 N–H and O–H groups in total. The third-order valence-electron chi connectivity index (χ3n) is 7.62. The monoisotopic (exact) mass is 544 g/mol. The van der Waals surface area contributed by atoms with E-state index >= 15 is 0 Å².